The molecule has 0 saturated carbocycles. The molecule has 2 nitrogen and oxygen atoms in total. The third-order valence-corrected chi connectivity index (χ3v) is 3.26. The van der Waals surface area contributed by atoms with Crippen LogP contribution in [0.15, 0.2) is 48.5 Å². The van der Waals surface area contributed by atoms with E-state index >= 15 is 0 Å². The number of aryl methyl sites for hydroxylation is 1. The molecule has 0 aliphatic heterocycles. The SMILES string of the molecule is CNC(CCOc1cccc(C)c1)c1cccc(F)c1. The summed E-state index contributed by atoms with van der Waals surface area (Å²) in [7, 11) is 1.88. The molecule has 2 aromatic carbocycles. The fourth-order valence-corrected chi connectivity index (χ4v) is 2.20. The number of ether oxygens (including phenoxy) is 1. The Morgan fingerprint density at radius 2 is 1.95 bits per heavy atom. The number of halogens is 1. The second-order valence-corrected chi connectivity index (χ2v) is 4.85. The van der Waals surface area contributed by atoms with Crippen molar-refractivity contribution in [2.45, 2.75) is 19.4 Å². The van der Waals surface area contributed by atoms with Crippen molar-refractivity contribution < 1.29 is 9.13 Å². The zero-order chi connectivity index (χ0) is 14.4. The van der Waals surface area contributed by atoms with Gasteiger partial charge in [0.1, 0.15) is 11.6 Å². The Morgan fingerprint density at radius 1 is 1.15 bits per heavy atom. The highest BCUT2D eigenvalue weighted by atomic mass is 19.1. The molecule has 0 heterocycles. The number of benzene rings is 2. The van der Waals surface area contributed by atoms with Gasteiger partial charge in [-0.15, -0.1) is 0 Å². The van der Waals surface area contributed by atoms with Gasteiger partial charge in [0.15, 0.2) is 0 Å². The predicted octanol–water partition coefficient (Wildman–Crippen LogP) is 3.86. The number of hydrogen-bond donors (Lipinski definition) is 1. The lowest BCUT2D eigenvalue weighted by Gasteiger charge is -2.17. The Bertz CT molecular complexity index is 556. The maximum absolute atomic E-state index is 13.2. The van der Waals surface area contributed by atoms with Gasteiger partial charge in [-0.3, -0.25) is 0 Å². The van der Waals surface area contributed by atoms with Gasteiger partial charge in [0.25, 0.3) is 0 Å². The lowest BCUT2D eigenvalue weighted by atomic mass is 10.0. The van der Waals surface area contributed by atoms with Crippen LogP contribution in [0.1, 0.15) is 23.6 Å². The molecule has 20 heavy (non-hydrogen) atoms. The summed E-state index contributed by atoms with van der Waals surface area (Å²) in [5.41, 5.74) is 2.12. The molecular formula is C17H20FNO. The maximum Gasteiger partial charge on any atom is 0.123 e. The van der Waals surface area contributed by atoms with Gasteiger partial charge in [-0.1, -0.05) is 24.3 Å². The van der Waals surface area contributed by atoms with Crippen LogP contribution in [0.5, 0.6) is 5.75 Å². The molecule has 1 N–H and O–H groups in total. The molecule has 0 spiro atoms. The van der Waals surface area contributed by atoms with E-state index in [1.54, 1.807) is 12.1 Å². The van der Waals surface area contributed by atoms with Crippen LogP contribution in [0.25, 0.3) is 0 Å². The summed E-state index contributed by atoms with van der Waals surface area (Å²) in [6, 6.07) is 14.7. The second-order valence-electron chi connectivity index (χ2n) is 4.85. The highest BCUT2D eigenvalue weighted by Gasteiger charge is 2.10. The number of nitrogens with one attached hydrogen (secondary N) is 1. The molecule has 1 unspecified atom stereocenters. The summed E-state index contributed by atoms with van der Waals surface area (Å²) in [4.78, 5) is 0. The average Bonchev–Trinajstić information content (AvgIpc) is 2.44. The molecule has 0 fully saturated rings. The maximum atomic E-state index is 13.2. The van der Waals surface area contributed by atoms with Crippen molar-refractivity contribution in [1.82, 2.24) is 5.32 Å². The van der Waals surface area contributed by atoms with Crippen LogP contribution < -0.4 is 10.1 Å². The molecule has 2 aromatic rings. The van der Waals surface area contributed by atoms with Crippen molar-refractivity contribution in [2.24, 2.45) is 0 Å². The van der Waals surface area contributed by atoms with Crippen LogP contribution in [0.3, 0.4) is 0 Å². The van der Waals surface area contributed by atoms with Gasteiger partial charge in [-0.2, -0.15) is 0 Å². The first-order valence-electron chi connectivity index (χ1n) is 6.81. The van der Waals surface area contributed by atoms with Gasteiger partial charge < -0.3 is 10.1 Å². The molecule has 3 heteroatoms. The minimum absolute atomic E-state index is 0.0931. The van der Waals surface area contributed by atoms with E-state index in [-0.39, 0.29) is 11.9 Å². The van der Waals surface area contributed by atoms with Crippen LogP contribution in [0, 0.1) is 12.7 Å². The first kappa shape index (κ1) is 14.5. The normalized spacial score (nSPS) is 12.2. The third-order valence-electron chi connectivity index (χ3n) is 3.26. The van der Waals surface area contributed by atoms with Crippen molar-refractivity contribution in [1.29, 1.82) is 0 Å². The van der Waals surface area contributed by atoms with Crippen molar-refractivity contribution in [2.75, 3.05) is 13.7 Å². The molecule has 106 valence electrons. The fourth-order valence-electron chi connectivity index (χ4n) is 2.20. The van der Waals surface area contributed by atoms with Gasteiger partial charge in [-0.25, -0.2) is 4.39 Å². The van der Waals surface area contributed by atoms with Crippen LogP contribution in [0.2, 0.25) is 0 Å². The lowest BCUT2D eigenvalue weighted by Crippen LogP contribution is -2.19. The predicted molar refractivity (Wildman–Crippen MR) is 79.5 cm³/mol. The van der Waals surface area contributed by atoms with E-state index in [0.29, 0.717) is 6.61 Å². The van der Waals surface area contributed by atoms with E-state index in [0.717, 1.165) is 17.7 Å². The summed E-state index contributed by atoms with van der Waals surface area (Å²) in [5.74, 6) is 0.668. The van der Waals surface area contributed by atoms with Gasteiger partial charge >= 0.3 is 0 Å². The van der Waals surface area contributed by atoms with Crippen molar-refractivity contribution >= 4 is 0 Å². The van der Waals surface area contributed by atoms with E-state index < -0.39 is 0 Å². The highest BCUT2D eigenvalue weighted by molar-refractivity contribution is 5.27. The third kappa shape index (κ3) is 4.07. The Labute approximate surface area is 119 Å². The fraction of sp³-hybridized carbons (Fsp3) is 0.294. The molecule has 0 aliphatic carbocycles. The van der Waals surface area contributed by atoms with Crippen LogP contribution in [0.4, 0.5) is 4.39 Å². The Hall–Kier alpha value is -1.87. The lowest BCUT2D eigenvalue weighted by molar-refractivity contribution is 0.290. The molecule has 0 aliphatic rings. The molecule has 1 atom stereocenters. The summed E-state index contributed by atoms with van der Waals surface area (Å²) >= 11 is 0. The topological polar surface area (TPSA) is 21.3 Å². The zero-order valence-electron chi connectivity index (χ0n) is 11.9. The van der Waals surface area contributed by atoms with Gasteiger partial charge in [0.05, 0.1) is 6.61 Å². The Kier molecular flexibility index (Phi) is 5.13. The van der Waals surface area contributed by atoms with E-state index in [2.05, 4.69) is 5.32 Å². The van der Waals surface area contributed by atoms with Crippen molar-refractivity contribution in [3.8, 4) is 5.75 Å². The van der Waals surface area contributed by atoms with Crippen LogP contribution in [-0.2, 0) is 0 Å². The quantitative estimate of drug-likeness (QED) is 0.862. The van der Waals surface area contributed by atoms with Gasteiger partial charge in [-0.05, 0) is 49.4 Å². The molecule has 0 radical (unpaired) electrons. The zero-order valence-corrected chi connectivity index (χ0v) is 11.9. The van der Waals surface area contributed by atoms with Crippen LogP contribution in [-0.4, -0.2) is 13.7 Å². The smallest absolute Gasteiger partial charge is 0.123 e. The molecule has 0 bridgehead atoms. The second kappa shape index (κ2) is 7.06. The van der Waals surface area contributed by atoms with Crippen LogP contribution >= 0.6 is 0 Å². The molecule has 0 saturated heterocycles. The van der Waals surface area contributed by atoms with E-state index in [1.807, 2.05) is 44.3 Å². The minimum atomic E-state index is -0.206. The molecule has 0 amide bonds. The largest absolute Gasteiger partial charge is 0.494 e. The first-order valence-corrected chi connectivity index (χ1v) is 6.81. The Balaban J connectivity index is 1.91. The van der Waals surface area contributed by atoms with E-state index in [4.69, 9.17) is 4.74 Å². The standard InChI is InChI=1S/C17H20FNO/c1-13-5-3-8-16(11-13)20-10-9-17(19-2)14-6-4-7-15(18)12-14/h3-8,11-12,17,19H,9-10H2,1-2H3. The summed E-state index contributed by atoms with van der Waals surface area (Å²) in [5, 5.41) is 3.20. The number of hydrogen-bond acceptors (Lipinski definition) is 2. The molecular weight excluding hydrogens is 253 g/mol. The molecule has 2 rings (SSSR count). The van der Waals surface area contributed by atoms with Gasteiger partial charge in [0, 0.05) is 12.5 Å². The van der Waals surface area contributed by atoms with E-state index in [1.165, 1.54) is 11.6 Å². The molecule has 0 aromatic heterocycles. The summed E-state index contributed by atoms with van der Waals surface area (Å²) < 4.78 is 19.0. The number of rotatable bonds is 6. The van der Waals surface area contributed by atoms with Crippen molar-refractivity contribution in [3.05, 3.63) is 65.5 Å². The first-order chi connectivity index (χ1) is 9.69. The summed E-state index contributed by atoms with van der Waals surface area (Å²) in [6.07, 6.45) is 0.786. The average molecular weight is 273 g/mol. The minimum Gasteiger partial charge on any atom is -0.494 e. The van der Waals surface area contributed by atoms with E-state index in [9.17, 15) is 4.39 Å². The Morgan fingerprint density at radius 3 is 2.65 bits per heavy atom. The van der Waals surface area contributed by atoms with Gasteiger partial charge in [0.2, 0.25) is 0 Å². The monoisotopic (exact) mass is 273 g/mol. The highest BCUT2D eigenvalue weighted by Crippen LogP contribution is 2.19. The van der Waals surface area contributed by atoms with Crippen molar-refractivity contribution in [3.63, 3.8) is 0 Å². The summed E-state index contributed by atoms with van der Waals surface area (Å²) in [6.45, 7) is 2.63.